The molecule has 0 aromatic heterocycles. The Morgan fingerprint density at radius 3 is 2.67 bits per heavy atom. The predicted octanol–water partition coefficient (Wildman–Crippen LogP) is 3.51. The minimum absolute atomic E-state index is 0.876. The van der Waals surface area contributed by atoms with Crippen LogP contribution in [0.4, 0.5) is 0 Å². The van der Waals surface area contributed by atoms with Crippen LogP contribution in [0.25, 0.3) is 0 Å². The van der Waals surface area contributed by atoms with E-state index in [9.17, 15) is 0 Å². The monoisotopic (exact) mass is 205 g/mol. The molecule has 2 heteroatoms. The maximum absolute atomic E-state index is 7.08. The van der Waals surface area contributed by atoms with Gasteiger partial charge in [0, 0.05) is 0 Å². The summed E-state index contributed by atoms with van der Waals surface area (Å²) in [4.78, 5) is 2.06. The number of nitrogens with zero attached hydrogens (tertiary/aromatic N) is 1. The molecule has 1 heterocycles. The number of nitrogens with one attached hydrogen (secondary N) is 1. The Hall–Kier alpha value is -1.14. The van der Waals surface area contributed by atoms with E-state index in [1.165, 1.54) is 44.7 Å². The van der Waals surface area contributed by atoms with E-state index in [-0.39, 0.29) is 0 Å². The third-order valence-corrected chi connectivity index (χ3v) is 2.61. The Labute approximate surface area is 93.2 Å². The normalized spacial score (nSPS) is 13.9. The van der Waals surface area contributed by atoms with Gasteiger partial charge in [-0.1, -0.05) is 39.0 Å². The maximum atomic E-state index is 7.08. The molecule has 0 bridgehead atoms. The van der Waals surface area contributed by atoms with Crippen molar-refractivity contribution in [3.05, 3.63) is 24.0 Å². The molecule has 0 amide bonds. The molecule has 2 nitrogen and oxygen atoms in total. The van der Waals surface area contributed by atoms with Crippen LogP contribution in [0.15, 0.2) is 17.8 Å². The third kappa shape index (κ3) is 4.75. The van der Waals surface area contributed by atoms with Crippen molar-refractivity contribution in [2.75, 3.05) is 6.54 Å². The Bertz CT molecular complexity index is 241. The van der Waals surface area contributed by atoms with E-state index in [2.05, 4.69) is 18.0 Å². The van der Waals surface area contributed by atoms with E-state index in [0.29, 0.717) is 0 Å². The minimum atomic E-state index is 0.876. The van der Waals surface area contributed by atoms with Crippen molar-refractivity contribution in [3.8, 4) is 0 Å². The number of rotatable bonds is 8. The predicted molar refractivity (Wildman–Crippen MR) is 64.8 cm³/mol. The van der Waals surface area contributed by atoms with Crippen molar-refractivity contribution >= 4 is 6.21 Å². The fourth-order valence-corrected chi connectivity index (χ4v) is 1.68. The summed E-state index contributed by atoms with van der Waals surface area (Å²) < 4.78 is 0. The average Bonchev–Trinajstić information content (AvgIpc) is 2.71. The van der Waals surface area contributed by atoms with E-state index in [4.69, 9.17) is 5.41 Å². The summed E-state index contributed by atoms with van der Waals surface area (Å²) in [5.41, 5.74) is 0.876. The Morgan fingerprint density at radius 1 is 1.27 bits per heavy atom. The SMILES string of the molecule is CCCCCCCCN1[C+]=C(C=N)C=C1. The first-order valence-electron chi connectivity index (χ1n) is 5.95. The zero-order chi connectivity index (χ0) is 10.9. The lowest BCUT2D eigenvalue weighted by molar-refractivity contribution is 0.457. The number of unbranched alkanes of at least 4 members (excludes halogenated alkanes) is 5. The van der Waals surface area contributed by atoms with Crippen LogP contribution in [0.1, 0.15) is 45.4 Å². The molecule has 15 heavy (non-hydrogen) atoms. The van der Waals surface area contributed by atoms with Crippen LogP contribution in [0, 0.1) is 11.6 Å². The molecule has 0 spiro atoms. The number of hydrogen-bond acceptors (Lipinski definition) is 2. The van der Waals surface area contributed by atoms with Gasteiger partial charge in [-0.3, -0.25) is 5.41 Å². The van der Waals surface area contributed by atoms with Crippen molar-refractivity contribution in [3.63, 3.8) is 0 Å². The van der Waals surface area contributed by atoms with Gasteiger partial charge in [-0.05, 0) is 6.42 Å². The molecule has 1 aliphatic heterocycles. The van der Waals surface area contributed by atoms with Gasteiger partial charge >= 0.3 is 0 Å². The third-order valence-electron chi connectivity index (χ3n) is 2.61. The highest BCUT2D eigenvalue weighted by Crippen LogP contribution is 2.10. The van der Waals surface area contributed by atoms with Crippen LogP contribution >= 0.6 is 0 Å². The molecule has 0 fully saturated rings. The molecule has 0 aromatic rings. The van der Waals surface area contributed by atoms with Gasteiger partial charge < -0.3 is 0 Å². The quantitative estimate of drug-likeness (QED) is 0.366. The lowest BCUT2D eigenvalue weighted by Crippen LogP contribution is -2.09. The highest BCUT2D eigenvalue weighted by atomic mass is 15.1. The first-order valence-corrected chi connectivity index (χ1v) is 5.95. The van der Waals surface area contributed by atoms with Gasteiger partial charge in [-0.25, -0.2) is 4.90 Å². The van der Waals surface area contributed by atoms with Crippen LogP contribution in [-0.4, -0.2) is 17.7 Å². The highest BCUT2D eigenvalue weighted by molar-refractivity contribution is 5.79. The summed E-state index contributed by atoms with van der Waals surface area (Å²) in [7, 11) is 0. The summed E-state index contributed by atoms with van der Waals surface area (Å²) in [6, 6.07) is 0. The van der Waals surface area contributed by atoms with Gasteiger partial charge in [0.25, 0.3) is 0 Å². The average molecular weight is 205 g/mol. The topological polar surface area (TPSA) is 27.1 Å². The van der Waals surface area contributed by atoms with E-state index in [1.54, 1.807) is 0 Å². The zero-order valence-corrected chi connectivity index (χ0v) is 9.63. The van der Waals surface area contributed by atoms with Crippen molar-refractivity contribution in [1.82, 2.24) is 4.90 Å². The van der Waals surface area contributed by atoms with Gasteiger partial charge in [-0.15, -0.1) is 0 Å². The van der Waals surface area contributed by atoms with Crippen molar-refractivity contribution < 1.29 is 0 Å². The summed E-state index contributed by atoms with van der Waals surface area (Å²) in [6.45, 7) is 3.29. The van der Waals surface area contributed by atoms with Gasteiger partial charge in [0.1, 0.15) is 18.6 Å². The fourth-order valence-electron chi connectivity index (χ4n) is 1.68. The lowest BCUT2D eigenvalue weighted by Gasteiger charge is -2.04. The van der Waals surface area contributed by atoms with Crippen LogP contribution in [0.3, 0.4) is 0 Å². The van der Waals surface area contributed by atoms with E-state index >= 15 is 0 Å². The van der Waals surface area contributed by atoms with Gasteiger partial charge in [-0.2, -0.15) is 0 Å². The van der Waals surface area contributed by atoms with Crippen molar-refractivity contribution in [2.45, 2.75) is 45.4 Å². The number of hydrogen-bond donors (Lipinski definition) is 1. The second kappa shape index (κ2) is 7.19. The first-order chi connectivity index (χ1) is 7.36. The van der Waals surface area contributed by atoms with E-state index in [1.807, 2.05) is 12.3 Å². The highest BCUT2D eigenvalue weighted by Gasteiger charge is 2.12. The Kier molecular flexibility index (Phi) is 5.72. The standard InChI is InChI=1S/C13H21N2/c1-2-3-4-5-6-7-9-15-10-8-13(11-14)12-15/h8,10-11,14H,2-7,9H2,1H3/q+1. The molecule has 0 aliphatic carbocycles. The molecule has 0 saturated heterocycles. The Morgan fingerprint density at radius 2 is 2.00 bits per heavy atom. The molecular weight excluding hydrogens is 184 g/mol. The molecule has 1 N–H and O–H groups in total. The van der Waals surface area contributed by atoms with Crippen molar-refractivity contribution in [2.24, 2.45) is 0 Å². The van der Waals surface area contributed by atoms with E-state index < -0.39 is 0 Å². The van der Waals surface area contributed by atoms with Crippen LogP contribution in [-0.2, 0) is 0 Å². The molecule has 82 valence electrons. The van der Waals surface area contributed by atoms with Gasteiger partial charge in [0.2, 0.25) is 0 Å². The molecule has 0 atom stereocenters. The summed E-state index contributed by atoms with van der Waals surface area (Å²) in [5, 5.41) is 7.08. The summed E-state index contributed by atoms with van der Waals surface area (Å²) in [5.74, 6) is 0. The van der Waals surface area contributed by atoms with Crippen LogP contribution < -0.4 is 0 Å². The number of allylic oxidation sites excluding steroid dienone is 2. The summed E-state index contributed by atoms with van der Waals surface area (Å²) in [6.07, 6.45) is 16.4. The zero-order valence-electron chi connectivity index (χ0n) is 9.63. The largest absolute Gasteiger partial charge is 0.258 e. The maximum Gasteiger partial charge on any atom is 0.194 e. The first kappa shape index (κ1) is 11.9. The minimum Gasteiger partial charge on any atom is -0.258 e. The van der Waals surface area contributed by atoms with Gasteiger partial charge in [0.15, 0.2) is 5.57 Å². The molecule has 0 aromatic carbocycles. The molecule has 0 saturated carbocycles. The smallest absolute Gasteiger partial charge is 0.194 e. The molecule has 0 unspecified atom stereocenters. The molecular formula is C13H21N2+. The Balaban J connectivity index is 2.00. The van der Waals surface area contributed by atoms with Crippen LogP contribution in [0.2, 0.25) is 0 Å². The molecule has 1 aliphatic rings. The lowest BCUT2D eigenvalue weighted by atomic mass is 10.1. The van der Waals surface area contributed by atoms with Crippen LogP contribution in [0.5, 0.6) is 0 Å². The summed E-state index contributed by atoms with van der Waals surface area (Å²) >= 11 is 0. The van der Waals surface area contributed by atoms with Crippen molar-refractivity contribution in [1.29, 1.82) is 5.41 Å². The molecule has 1 rings (SSSR count). The molecule has 0 radical (unpaired) electrons. The van der Waals surface area contributed by atoms with Gasteiger partial charge in [0.05, 0.1) is 12.6 Å². The van der Waals surface area contributed by atoms with E-state index in [0.717, 1.165) is 12.1 Å². The fraction of sp³-hybridized carbons (Fsp3) is 0.615. The second-order valence-electron chi connectivity index (χ2n) is 3.99. The second-order valence-corrected chi connectivity index (χ2v) is 3.99.